The van der Waals surface area contributed by atoms with Crippen LogP contribution in [0.5, 0.6) is 0 Å². The molecule has 1 saturated heterocycles. The number of aliphatic hydroxyl groups excluding tert-OH is 2. The van der Waals surface area contributed by atoms with Crippen molar-refractivity contribution in [2.75, 3.05) is 6.61 Å². The Morgan fingerprint density at radius 3 is 2.48 bits per heavy atom. The monoisotopic (exact) mass is 396 g/mol. The predicted molar refractivity (Wildman–Crippen MR) is 94.4 cm³/mol. The van der Waals surface area contributed by atoms with Crippen molar-refractivity contribution in [1.82, 2.24) is 5.32 Å². The fourth-order valence-corrected chi connectivity index (χ4v) is 2.48. The van der Waals surface area contributed by atoms with Gasteiger partial charge in [0.05, 0.1) is 0 Å². The zero-order valence-electron chi connectivity index (χ0n) is 22.3. The van der Waals surface area contributed by atoms with E-state index in [1.807, 2.05) is 5.32 Å². The first kappa shape index (κ1) is 14.3. The van der Waals surface area contributed by atoms with Gasteiger partial charge in [-0.1, -0.05) is 20.7 Å². The smallest absolute Gasteiger partial charge is 0.306 e. The molecule has 0 aromatic rings. The maximum absolute atomic E-state index is 12.5. The summed E-state index contributed by atoms with van der Waals surface area (Å²) in [6.45, 7) is -0.603. The highest BCUT2D eigenvalue weighted by molar-refractivity contribution is 5.76. The SMILES string of the molecule is [2H]C([2H])([2H])C([2H])([2H])C([2H])([2H])C(=O)N[C@H]1C(O)O[C@H](COC(=O)CCC)[C@@H](OC(=O)CCC)[C@@H]1O. The van der Waals surface area contributed by atoms with Gasteiger partial charge in [0.1, 0.15) is 24.9 Å². The van der Waals surface area contributed by atoms with E-state index < -0.39 is 74.7 Å². The largest absolute Gasteiger partial charge is 0.463 e. The lowest BCUT2D eigenvalue weighted by Gasteiger charge is -2.42. The van der Waals surface area contributed by atoms with Crippen LogP contribution in [0.15, 0.2) is 0 Å². The molecule has 5 atom stereocenters. The van der Waals surface area contributed by atoms with Crippen LogP contribution in [0.25, 0.3) is 0 Å². The molecule has 0 bridgehead atoms. The molecular weight excluding hydrogens is 358 g/mol. The Kier molecular flexibility index (Phi) is 6.30. The molecule has 9 nitrogen and oxygen atoms in total. The van der Waals surface area contributed by atoms with Crippen molar-refractivity contribution >= 4 is 17.8 Å². The summed E-state index contributed by atoms with van der Waals surface area (Å²) in [7, 11) is 0. The lowest BCUT2D eigenvalue weighted by atomic mass is 9.96. The zero-order chi connectivity index (χ0) is 26.5. The van der Waals surface area contributed by atoms with E-state index in [0.717, 1.165) is 0 Å². The van der Waals surface area contributed by atoms with Crippen molar-refractivity contribution < 1.29 is 48.4 Å². The molecule has 0 aliphatic carbocycles. The van der Waals surface area contributed by atoms with Crippen LogP contribution in [-0.4, -0.2) is 65.3 Å². The first-order chi connectivity index (χ1) is 15.5. The number of aliphatic hydroxyl groups is 2. The van der Waals surface area contributed by atoms with Gasteiger partial charge in [-0.05, 0) is 19.2 Å². The number of hydrogen-bond acceptors (Lipinski definition) is 8. The van der Waals surface area contributed by atoms with Crippen molar-refractivity contribution in [2.45, 2.75) is 89.8 Å². The number of hydrogen-bond donors (Lipinski definition) is 3. The Morgan fingerprint density at radius 2 is 1.85 bits per heavy atom. The van der Waals surface area contributed by atoms with Crippen LogP contribution in [0.3, 0.4) is 0 Å². The Labute approximate surface area is 169 Å². The number of rotatable bonds is 10. The second-order valence-electron chi connectivity index (χ2n) is 5.94. The third kappa shape index (κ3) is 7.43. The van der Waals surface area contributed by atoms with Gasteiger partial charge in [-0.2, -0.15) is 0 Å². The average molecular weight is 396 g/mol. The summed E-state index contributed by atoms with van der Waals surface area (Å²) in [5, 5.41) is 22.9. The van der Waals surface area contributed by atoms with Crippen LogP contribution in [-0.2, 0) is 28.6 Å². The molecule has 9 heteroatoms. The van der Waals surface area contributed by atoms with Crippen LogP contribution in [0.1, 0.15) is 68.7 Å². The maximum atomic E-state index is 12.5. The summed E-state index contributed by atoms with van der Waals surface area (Å²) < 4.78 is 67.6. The molecule has 1 fully saturated rings. The molecular formula is C18H31NO8. The van der Waals surface area contributed by atoms with Crippen molar-refractivity contribution in [3.8, 4) is 0 Å². The second-order valence-corrected chi connectivity index (χ2v) is 5.94. The van der Waals surface area contributed by atoms with Crippen LogP contribution >= 0.6 is 0 Å². The van der Waals surface area contributed by atoms with E-state index in [4.69, 9.17) is 23.8 Å². The summed E-state index contributed by atoms with van der Waals surface area (Å²) >= 11 is 0. The minimum atomic E-state index is -3.63. The fourth-order valence-electron chi connectivity index (χ4n) is 2.48. The van der Waals surface area contributed by atoms with Crippen molar-refractivity contribution in [3.63, 3.8) is 0 Å². The number of nitrogens with one attached hydrogen (secondary N) is 1. The van der Waals surface area contributed by atoms with E-state index in [1.165, 1.54) is 0 Å². The van der Waals surface area contributed by atoms with Crippen molar-refractivity contribution in [3.05, 3.63) is 0 Å². The third-order valence-corrected chi connectivity index (χ3v) is 3.75. The van der Waals surface area contributed by atoms with Gasteiger partial charge < -0.3 is 29.7 Å². The van der Waals surface area contributed by atoms with Gasteiger partial charge in [-0.15, -0.1) is 0 Å². The summed E-state index contributed by atoms with van der Waals surface area (Å²) in [5.74, 6) is -3.16. The Morgan fingerprint density at radius 1 is 1.19 bits per heavy atom. The molecule has 27 heavy (non-hydrogen) atoms. The van der Waals surface area contributed by atoms with E-state index in [0.29, 0.717) is 12.8 Å². The number of amides is 1. The molecule has 1 amide bonds. The van der Waals surface area contributed by atoms with Crippen LogP contribution in [0.4, 0.5) is 0 Å². The predicted octanol–water partition coefficient (Wildman–Crippen LogP) is 0.405. The van der Waals surface area contributed by atoms with Gasteiger partial charge >= 0.3 is 11.9 Å². The normalized spacial score (nSPS) is 33.0. The highest BCUT2D eigenvalue weighted by atomic mass is 16.7. The van der Waals surface area contributed by atoms with Gasteiger partial charge in [0.25, 0.3) is 0 Å². The standard InChI is InChI=1S/C18H31NO8/c1-4-7-12(20)19-15-16(23)17(27-14(22)9-6-3)11(26-18(15)24)10-25-13(21)8-5-2/h11,15-18,23-24H,4-10H2,1-3H3,(H,19,20)/t11-,15-,16-,17-,18?/m1/s1/i1D3,4D2,7D2. The minimum Gasteiger partial charge on any atom is -0.463 e. The number of carbonyl (C=O) groups excluding carboxylic acids is 3. The molecule has 1 heterocycles. The lowest BCUT2D eigenvalue weighted by Crippen LogP contribution is -2.65. The number of esters is 2. The van der Waals surface area contributed by atoms with Crippen LogP contribution < -0.4 is 5.32 Å². The molecule has 0 saturated carbocycles. The Bertz CT molecular complexity index is 734. The van der Waals surface area contributed by atoms with Gasteiger partial charge in [-0.25, -0.2) is 0 Å². The molecule has 1 unspecified atom stereocenters. The highest BCUT2D eigenvalue weighted by Crippen LogP contribution is 2.24. The molecule has 0 aromatic heterocycles. The molecule has 1 rings (SSSR count). The summed E-state index contributed by atoms with van der Waals surface area (Å²) in [4.78, 5) is 36.2. The average Bonchev–Trinajstić information content (AvgIpc) is 2.71. The Hall–Kier alpha value is -1.71. The molecule has 1 aliphatic rings. The fraction of sp³-hybridized carbons (Fsp3) is 0.833. The van der Waals surface area contributed by atoms with Gasteiger partial charge in [0.2, 0.25) is 5.91 Å². The first-order valence-electron chi connectivity index (χ1n) is 12.2. The zero-order valence-corrected chi connectivity index (χ0v) is 15.3. The summed E-state index contributed by atoms with van der Waals surface area (Å²) in [6, 6.07) is -1.84. The van der Waals surface area contributed by atoms with Gasteiger partial charge in [0, 0.05) is 28.8 Å². The number of carbonyl (C=O) groups is 3. The maximum Gasteiger partial charge on any atom is 0.306 e. The number of ether oxygens (including phenoxy) is 3. The Balaban J connectivity index is 3.12. The highest BCUT2D eigenvalue weighted by Gasteiger charge is 2.47. The summed E-state index contributed by atoms with van der Waals surface area (Å²) in [5.41, 5.74) is 0. The van der Waals surface area contributed by atoms with Crippen molar-refractivity contribution in [1.29, 1.82) is 0 Å². The van der Waals surface area contributed by atoms with Crippen LogP contribution in [0.2, 0.25) is 0 Å². The van der Waals surface area contributed by atoms with Gasteiger partial charge in [0.15, 0.2) is 12.4 Å². The third-order valence-electron chi connectivity index (χ3n) is 3.75. The molecule has 1 aliphatic heterocycles. The van der Waals surface area contributed by atoms with Crippen LogP contribution in [0, 0.1) is 0 Å². The van der Waals surface area contributed by atoms with E-state index in [1.54, 1.807) is 13.8 Å². The summed E-state index contributed by atoms with van der Waals surface area (Å²) in [6.07, 6.45) is -13.2. The van der Waals surface area contributed by atoms with E-state index in [2.05, 4.69) is 0 Å². The first-order valence-corrected chi connectivity index (χ1v) is 8.68. The lowest BCUT2D eigenvalue weighted by molar-refractivity contribution is -0.261. The van der Waals surface area contributed by atoms with E-state index in [9.17, 15) is 24.6 Å². The second kappa shape index (κ2) is 11.9. The molecule has 156 valence electrons. The topological polar surface area (TPSA) is 131 Å². The van der Waals surface area contributed by atoms with E-state index >= 15 is 0 Å². The van der Waals surface area contributed by atoms with Crippen molar-refractivity contribution in [2.24, 2.45) is 0 Å². The molecule has 0 radical (unpaired) electrons. The van der Waals surface area contributed by atoms with Gasteiger partial charge in [-0.3, -0.25) is 14.4 Å². The quantitative estimate of drug-likeness (QED) is 0.452. The minimum absolute atomic E-state index is 0.0491. The van der Waals surface area contributed by atoms with E-state index in [-0.39, 0.29) is 12.8 Å². The molecule has 0 spiro atoms. The molecule has 0 aromatic carbocycles. The molecule has 3 N–H and O–H groups in total.